The van der Waals surface area contributed by atoms with E-state index in [9.17, 15) is 9.18 Å². The molecule has 2 unspecified atom stereocenters. The van der Waals surface area contributed by atoms with E-state index in [1.54, 1.807) is 18.2 Å². The molecule has 1 aromatic carbocycles. The summed E-state index contributed by atoms with van der Waals surface area (Å²) in [6, 6.07) is 6.37. The summed E-state index contributed by atoms with van der Waals surface area (Å²) in [5, 5.41) is 6.26. The Morgan fingerprint density at radius 3 is 2.95 bits per heavy atom. The second-order valence-corrected chi connectivity index (χ2v) is 5.17. The largest absolute Gasteiger partial charge is 0.490 e. The van der Waals surface area contributed by atoms with Gasteiger partial charge >= 0.3 is 0 Å². The highest BCUT2D eigenvalue weighted by molar-refractivity contribution is 5.85. The Labute approximate surface area is 130 Å². The number of ether oxygens (including phenoxy) is 1. The van der Waals surface area contributed by atoms with Gasteiger partial charge in [-0.1, -0.05) is 19.1 Å². The van der Waals surface area contributed by atoms with Gasteiger partial charge in [0.25, 0.3) is 0 Å². The normalized spacial score (nSPS) is 21.2. The molecule has 0 radical (unpaired) electrons. The first kappa shape index (κ1) is 17.7. The molecular weight excluding hydrogens is 295 g/mol. The minimum Gasteiger partial charge on any atom is -0.490 e. The summed E-state index contributed by atoms with van der Waals surface area (Å²) < 4.78 is 18.6. The molecule has 21 heavy (non-hydrogen) atoms. The van der Waals surface area contributed by atoms with Crippen LogP contribution in [0.15, 0.2) is 24.3 Å². The number of benzene rings is 1. The molecule has 2 N–H and O–H groups in total. The molecule has 1 aromatic rings. The van der Waals surface area contributed by atoms with E-state index in [1.807, 2.05) is 0 Å². The van der Waals surface area contributed by atoms with E-state index in [4.69, 9.17) is 4.74 Å². The number of carbonyl (C=O) groups is 1. The molecule has 0 bridgehead atoms. The Hall–Kier alpha value is -1.33. The lowest BCUT2D eigenvalue weighted by Crippen LogP contribution is -2.50. The summed E-state index contributed by atoms with van der Waals surface area (Å²) in [5.41, 5.74) is 0. The van der Waals surface area contributed by atoms with Gasteiger partial charge in [-0.05, 0) is 31.0 Å². The third kappa shape index (κ3) is 5.52. The molecule has 1 fully saturated rings. The van der Waals surface area contributed by atoms with Gasteiger partial charge in [0.05, 0.1) is 13.0 Å². The quantitative estimate of drug-likeness (QED) is 0.875. The topological polar surface area (TPSA) is 50.4 Å². The van der Waals surface area contributed by atoms with Crippen LogP contribution in [0, 0.1) is 11.7 Å². The Balaban J connectivity index is 0.00000220. The second kappa shape index (κ2) is 8.85. The average molecular weight is 317 g/mol. The summed E-state index contributed by atoms with van der Waals surface area (Å²) in [4.78, 5) is 11.8. The number of para-hydroxylation sites is 1. The van der Waals surface area contributed by atoms with E-state index >= 15 is 0 Å². The van der Waals surface area contributed by atoms with Crippen molar-refractivity contribution in [2.75, 3.05) is 19.7 Å². The smallest absolute Gasteiger partial charge is 0.223 e. The van der Waals surface area contributed by atoms with Crippen molar-refractivity contribution >= 4 is 18.3 Å². The zero-order chi connectivity index (χ0) is 14.4. The van der Waals surface area contributed by atoms with Gasteiger partial charge in [0.2, 0.25) is 5.91 Å². The van der Waals surface area contributed by atoms with Crippen molar-refractivity contribution in [3.63, 3.8) is 0 Å². The standard InChI is InChI=1S/C15H21FN2O2.ClH/c1-11-6-8-17-10-13(11)18-15(19)7-9-20-14-5-3-2-4-12(14)16;/h2-5,11,13,17H,6-10H2,1H3,(H,18,19);1H. The molecule has 1 saturated heterocycles. The van der Waals surface area contributed by atoms with E-state index in [-0.39, 0.29) is 43.1 Å². The molecule has 6 heteroatoms. The lowest BCUT2D eigenvalue weighted by atomic mass is 9.95. The SMILES string of the molecule is CC1CCNCC1NC(=O)CCOc1ccccc1F.Cl. The molecule has 0 aliphatic carbocycles. The molecule has 0 aromatic heterocycles. The predicted octanol–water partition coefficient (Wildman–Crippen LogP) is 2.13. The molecule has 0 saturated carbocycles. The van der Waals surface area contributed by atoms with Gasteiger partial charge in [0.1, 0.15) is 0 Å². The van der Waals surface area contributed by atoms with Gasteiger partial charge < -0.3 is 15.4 Å². The maximum absolute atomic E-state index is 13.3. The number of carbonyl (C=O) groups excluding carboxylic acids is 1. The molecule has 1 heterocycles. The van der Waals surface area contributed by atoms with Crippen molar-refractivity contribution in [1.82, 2.24) is 10.6 Å². The van der Waals surface area contributed by atoms with Crippen LogP contribution in [0.2, 0.25) is 0 Å². The molecule has 118 valence electrons. The molecule has 4 nitrogen and oxygen atoms in total. The van der Waals surface area contributed by atoms with E-state index < -0.39 is 5.82 Å². The van der Waals surface area contributed by atoms with Crippen molar-refractivity contribution in [1.29, 1.82) is 0 Å². The molecule has 1 aliphatic rings. The molecule has 2 rings (SSSR count). The van der Waals surface area contributed by atoms with Gasteiger partial charge in [-0.3, -0.25) is 4.79 Å². The number of rotatable bonds is 5. The first-order valence-corrected chi connectivity index (χ1v) is 7.04. The zero-order valence-electron chi connectivity index (χ0n) is 12.1. The van der Waals surface area contributed by atoms with Crippen LogP contribution in [0.25, 0.3) is 0 Å². The maximum atomic E-state index is 13.3. The van der Waals surface area contributed by atoms with E-state index in [2.05, 4.69) is 17.6 Å². The highest BCUT2D eigenvalue weighted by atomic mass is 35.5. The van der Waals surface area contributed by atoms with Crippen molar-refractivity contribution in [2.45, 2.75) is 25.8 Å². The summed E-state index contributed by atoms with van der Waals surface area (Å²) in [7, 11) is 0. The van der Waals surface area contributed by atoms with Crippen LogP contribution in [-0.4, -0.2) is 31.6 Å². The highest BCUT2D eigenvalue weighted by Crippen LogP contribution is 2.15. The van der Waals surface area contributed by atoms with Crippen molar-refractivity contribution < 1.29 is 13.9 Å². The molecule has 0 spiro atoms. The maximum Gasteiger partial charge on any atom is 0.223 e. The summed E-state index contributed by atoms with van der Waals surface area (Å²) >= 11 is 0. The van der Waals surface area contributed by atoms with E-state index in [0.717, 1.165) is 19.5 Å². The van der Waals surface area contributed by atoms with Crippen LogP contribution < -0.4 is 15.4 Å². The van der Waals surface area contributed by atoms with E-state index in [1.165, 1.54) is 6.07 Å². The molecule has 1 amide bonds. The number of nitrogens with one attached hydrogen (secondary N) is 2. The summed E-state index contributed by atoms with van der Waals surface area (Å²) in [6.07, 6.45) is 1.30. The number of halogens is 2. The fourth-order valence-electron chi connectivity index (χ4n) is 2.28. The number of piperidine rings is 1. The third-order valence-electron chi connectivity index (χ3n) is 3.60. The van der Waals surface area contributed by atoms with Crippen LogP contribution in [0.4, 0.5) is 4.39 Å². The number of hydrogen-bond donors (Lipinski definition) is 2. The lowest BCUT2D eigenvalue weighted by Gasteiger charge is -2.30. The van der Waals surface area contributed by atoms with Crippen LogP contribution in [0.1, 0.15) is 19.8 Å². The van der Waals surface area contributed by atoms with Crippen molar-refractivity contribution in [2.24, 2.45) is 5.92 Å². The van der Waals surface area contributed by atoms with Gasteiger partial charge in [-0.2, -0.15) is 0 Å². The van der Waals surface area contributed by atoms with Crippen molar-refractivity contribution in [3.8, 4) is 5.75 Å². The predicted molar refractivity (Wildman–Crippen MR) is 82.3 cm³/mol. The first-order valence-electron chi connectivity index (χ1n) is 7.04. The lowest BCUT2D eigenvalue weighted by molar-refractivity contribution is -0.122. The number of amides is 1. The molecule has 2 atom stereocenters. The summed E-state index contributed by atoms with van der Waals surface area (Å²) in [5.74, 6) is 0.209. The minimum absolute atomic E-state index is 0. The average Bonchev–Trinajstić information content (AvgIpc) is 2.43. The minimum atomic E-state index is -0.405. The van der Waals surface area contributed by atoms with Crippen LogP contribution in [0.5, 0.6) is 5.75 Å². The summed E-state index contributed by atoms with van der Waals surface area (Å²) in [6.45, 7) is 4.13. The van der Waals surface area contributed by atoms with Gasteiger partial charge in [0.15, 0.2) is 11.6 Å². The first-order chi connectivity index (χ1) is 9.66. The van der Waals surface area contributed by atoms with E-state index in [0.29, 0.717) is 5.92 Å². The molecule has 1 aliphatic heterocycles. The second-order valence-electron chi connectivity index (χ2n) is 5.17. The van der Waals surface area contributed by atoms with Crippen LogP contribution >= 0.6 is 12.4 Å². The highest BCUT2D eigenvalue weighted by Gasteiger charge is 2.22. The Morgan fingerprint density at radius 1 is 1.48 bits per heavy atom. The Kier molecular flexibility index (Phi) is 7.47. The Bertz CT molecular complexity index is 459. The van der Waals surface area contributed by atoms with Crippen LogP contribution in [0.3, 0.4) is 0 Å². The van der Waals surface area contributed by atoms with Gasteiger partial charge in [-0.15, -0.1) is 12.4 Å². The zero-order valence-corrected chi connectivity index (χ0v) is 12.9. The fraction of sp³-hybridized carbons (Fsp3) is 0.533. The van der Waals surface area contributed by atoms with Crippen LogP contribution in [-0.2, 0) is 4.79 Å². The van der Waals surface area contributed by atoms with Gasteiger partial charge in [-0.25, -0.2) is 4.39 Å². The molecular formula is C15H22ClFN2O2. The fourth-order valence-corrected chi connectivity index (χ4v) is 2.28. The monoisotopic (exact) mass is 316 g/mol. The van der Waals surface area contributed by atoms with Gasteiger partial charge in [0, 0.05) is 12.6 Å². The Morgan fingerprint density at radius 2 is 2.24 bits per heavy atom. The number of hydrogen-bond acceptors (Lipinski definition) is 3. The van der Waals surface area contributed by atoms with Crippen molar-refractivity contribution in [3.05, 3.63) is 30.1 Å². The third-order valence-corrected chi connectivity index (χ3v) is 3.60.